The van der Waals surface area contributed by atoms with Gasteiger partial charge in [0.1, 0.15) is 6.04 Å². The summed E-state index contributed by atoms with van der Waals surface area (Å²) in [6, 6.07) is -1.13. The zero-order valence-corrected chi connectivity index (χ0v) is 14.1. The van der Waals surface area contributed by atoms with Gasteiger partial charge in [0.25, 0.3) is 0 Å². The van der Waals surface area contributed by atoms with Crippen molar-refractivity contribution in [2.45, 2.75) is 26.3 Å². The van der Waals surface area contributed by atoms with E-state index < -0.39 is 12.1 Å². The van der Waals surface area contributed by atoms with Crippen molar-refractivity contribution in [3.05, 3.63) is 0 Å². The van der Waals surface area contributed by atoms with Crippen molar-refractivity contribution in [3.63, 3.8) is 0 Å². The van der Waals surface area contributed by atoms with Gasteiger partial charge in [-0.2, -0.15) is 11.8 Å². The number of carbonyl (C=O) groups excluding carboxylic acids is 2. The third-order valence-electron chi connectivity index (χ3n) is 3.53. The number of primary amides is 1. The predicted octanol–water partition coefficient (Wildman–Crippen LogP) is 0.577. The van der Waals surface area contributed by atoms with E-state index in [0.29, 0.717) is 12.3 Å². The number of hydrogen-bond donors (Lipinski definition) is 2. The lowest BCUT2D eigenvalue weighted by atomic mass is 10.1. The molecule has 1 heterocycles. The Kier molecular flexibility index (Phi) is 7.88. The molecule has 1 atom stereocenters. The van der Waals surface area contributed by atoms with Gasteiger partial charge in [-0.1, -0.05) is 13.8 Å². The van der Waals surface area contributed by atoms with Crippen molar-refractivity contribution >= 4 is 23.7 Å². The normalized spacial score (nSPS) is 17.8. The highest BCUT2D eigenvalue weighted by Gasteiger charge is 2.27. The fourth-order valence-corrected chi connectivity index (χ4v) is 3.02. The van der Waals surface area contributed by atoms with Gasteiger partial charge in [0.05, 0.1) is 0 Å². The minimum absolute atomic E-state index is 0.00736. The highest BCUT2D eigenvalue weighted by molar-refractivity contribution is 7.98. The van der Waals surface area contributed by atoms with Crippen LogP contribution >= 0.6 is 11.8 Å². The number of nitrogens with two attached hydrogens (primary N) is 1. The summed E-state index contributed by atoms with van der Waals surface area (Å²) in [5.41, 5.74) is 5.17. The van der Waals surface area contributed by atoms with Crippen LogP contribution < -0.4 is 11.1 Å². The standard InChI is InChI=1S/C14H28N4O2S/c1-11(2)10-17-5-7-18(8-6-17)13(19)12(4-9-21-3)16-14(15)20/h11-12H,4-10H2,1-3H3,(H3,15,16,20)/t12-/m1/s1. The molecule has 0 aliphatic carbocycles. The molecule has 0 saturated carbocycles. The number of piperazine rings is 1. The SMILES string of the molecule is CSCC[C@@H](NC(N)=O)C(=O)N1CCN(CC(C)C)CC1. The lowest BCUT2D eigenvalue weighted by molar-refractivity contribution is -0.135. The zero-order chi connectivity index (χ0) is 15.8. The summed E-state index contributed by atoms with van der Waals surface area (Å²) >= 11 is 1.66. The fraction of sp³-hybridized carbons (Fsp3) is 0.857. The third-order valence-corrected chi connectivity index (χ3v) is 4.18. The molecule has 1 rings (SSSR count). The molecule has 0 bridgehead atoms. The first-order valence-corrected chi connectivity index (χ1v) is 8.89. The van der Waals surface area contributed by atoms with Crippen LogP contribution in [-0.2, 0) is 4.79 Å². The van der Waals surface area contributed by atoms with Crippen LogP contribution in [0.5, 0.6) is 0 Å². The summed E-state index contributed by atoms with van der Waals surface area (Å²) in [5.74, 6) is 1.45. The Labute approximate surface area is 131 Å². The molecule has 0 radical (unpaired) electrons. The van der Waals surface area contributed by atoms with Crippen LogP contribution in [0, 0.1) is 5.92 Å². The van der Waals surface area contributed by atoms with Crippen molar-refractivity contribution < 1.29 is 9.59 Å². The second kappa shape index (κ2) is 9.15. The van der Waals surface area contributed by atoms with E-state index in [1.165, 1.54) is 0 Å². The number of amides is 3. The Balaban J connectivity index is 2.50. The lowest BCUT2D eigenvalue weighted by Gasteiger charge is -2.37. The molecule has 0 aromatic heterocycles. The summed E-state index contributed by atoms with van der Waals surface area (Å²) < 4.78 is 0. The number of thioether (sulfide) groups is 1. The maximum absolute atomic E-state index is 12.5. The van der Waals surface area contributed by atoms with E-state index in [2.05, 4.69) is 24.1 Å². The largest absolute Gasteiger partial charge is 0.352 e. The van der Waals surface area contributed by atoms with Gasteiger partial charge in [-0.25, -0.2) is 4.79 Å². The summed E-state index contributed by atoms with van der Waals surface area (Å²) in [6.45, 7) is 8.71. The zero-order valence-electron chi connectivity index (χ0n) is 13.3. The van der Waals surface area contributed by atoms with Gasteiger partial charge in [-0.3, -0.25) is 9.69 Å². The van der Waals surface area contributed by atoms with Gasteiger partial charge in [-0.15, -0.1) is 0 Å². The van der Waals surface area contributed by atoms with E-state index in [9.17, 15) is 9.59 Å². The average Bonchev–Trinajstić information content (AvgIpc) is 2.42. The molecule has 6 nitrogen and oxygen atoms in total. The van der Waals surface area contributed by atoms with Crippen molar-refractivity contribution in [1.29, 1.82) is 0 Å². The minimum Gasteiger partial charge on any atom is -0.352 e. The second-order valence-corrected chi connectivity index (χ2v) is 6.85. The monoisotopic (exact) mass is 316 g/mol. The molecule has 1 aliphatic rings. The summed E-state index contributed by atoms with van der Waals surface area (Å²) in [6.07, 6.45) is 2.60. The van der Waals surface area contributed by atoms with Gasteiger partial charge in [-0.05, 0) is 24.3 Å². The molecular weight excluding hydrogens is 288 g/mol. The quantitative estimate of drug-likeness (QED) is 0.720. The molecule has 0 aromatic rings. The molecule has 7 heteroatoms. The summed E-state index contributed by atoms with van der Waals surface area (Å²) in [7, 11) is 0. The molecule has 122 valence electrons. The third kappa shape index (κ3) is 6.56. The van der Waals surface area contributed by atoms with E-state index in [1.54, 1.807) is 11.8 Å². The number of nitrogens with one attached hydrogen (secondary N) is 1. The first kappa shape index (κ1) is 18.1. The lowest BCUT2D eigenvalue weighted by Crippen LogP contribution is -2.56. The molecule has 1 saturated heterocycles. The fourth-order valence-electron chi connectivity index (χ4n) is 2.55. The Morgan fingerprint density at radius 2 is 1.86 bits per heavy atom. The minimum atomic E-state index is -0.632. The van der Waals surface area contributed by atoms with Crippen LogP contribution in [-0.4, -0.2) is 72.5 Å². The van der Waals surface area contributed by atoms with Gasteiger partial charge in [0.15, 0.2) is 0 Å². The summed E-state index contributed by atoms with van der Waals surface area (Å²) in [4.78, 5) is 27.8. The molecule has 3 amide bonds. The first-order chi connectivity index (χ1) is 9.93. The van der Waals surface area contributed by atoms with E-state index in [-0.39, 0.29) is 5.91 Å². The molecule has 3 N–H and O–H groups in total. The maximum atomic E-state index is 12.5. The summed E-state index contributed by atoms with van der Waals surface area (Å²) in [5, 5.41) is 2.58. The molecule has 1 aliphatic heterocycles. The molecule has 21 heavy (non-hydrogen) atoms. The van der Waals surface area contributed by atoms with Crippen molar-refractivity contribution in [2.24, 2.45) is 11.7 Å². The van der Waals surface area contributed by atoms with Crippen molar-refractivity contribution in [2.75, 3.05) is 44.7 Å². The van der Waals surface area contributed by atoms with Crippen LogP contribution in [0.2, 0.25) is 0 Å². The van der Waals surface area contributed by atoms with Crippen LogP contribution in [0.25, 0.3) is 0 Å². The average molecular weight is 316 g/mol. The number of urea groups is 1. The highest BCUT2D eigenvalue weighted by Crippen LogP contribution is 2.09. The number of carbonyl (C=O) groups is 2. The van der Waals surface area contributed by atoms with Crippen LogP contribution in [0.1, 0.15) is 20.3 Å². The molecule has 1 fully saturated rings. The van der Waals surface area contributed by atoms with E-state index >= 15 is 0 Å². The Bertz CT molecular complexity index is 344. The molecule has 0 unspecified atom stereocenters. The number of nitrogens with zero attached hydrogens (tertiary/aromatic N) is 2. The molecular formula is C14H28N4O2S. The molecule has 0 spiro atoms. The van der Waals surface area contributed by atoms with Crippen LogP contribution in [0.4, 0.5) is 4.79 Å². The Hall–Kier alpha value is -0.950. The number of hydrogen-bond acceptors (Lipinski definition) is 4. The van der Waals surface area contributed by atoms with Gasteiger partial charge >= 0.3 is 6.03 Å². The maximum Gasteiger partial charge on any atom is 0.312 e. The van der Waals surface area contributed by atoms with E-state index in [4.69, 9.17) is 5.73 Å². The Morgan fingerprint density at radius 3 is 2.33 bits per heavy atom. The van der Waals surface area contributed by atoms with E-state index in [1.807, 2.05) is 11.2 Å². The predicted molar refractivity (Wildman–Crippen MR) is 87.4 cm³/mol. The van der Waals surface area contributed by atoms with Crippen LogP contribution in [0.3, 0.4) is 0 Å². The first-order valence-electron chi connectivity index (χ1n) is 7.50. The van der Waals surface area contributed by atoms with Crippen LogP contribution in [0.15, 0.2) is 0 Å². The second-order valence-electron chi connectivity index (χ2n) is 5.86. The van der Waals surface area contributed by atoms with Gasteiger partial charge < -0.3 is 16.0 Å². The van der Waals surface area contributed by atoms with Gasteiger partial charge in [0.2, 0.25) is 5.91 Å². The molecule has 0 aromatic carbocycles. The Morgan fingerprint density at radius 1 is 1.24 bits per heavy atom. The van der Waals surface area contributed by atoms with Crippen molar-refractivity contribution in [1.82, 2.24) is 15.1 Å². The van der Waals surface area contributed by atoms with E-state index in [0.717, 1.165) is 38.5 Å². The van der Waals surface area contributed by atoms with Crippen molar-refractivity contribution in [3.8, 4) is 0 Å². The van der Waals surface area contributed by atoms with Gasteiger partial charge in [0, 0.05) is 32.7 Å². The topological polar surface area (TPSA) is 78.7 Å². The highest BCUT2D eigenvalue weighted by atomic mass is 32.2. The smallest absolute Gasteiger partial charge is 0.312 e. The number of rotatable bonds is 7.